The van der Waals surface area contributed by atoms with Crippen molar-refractivity contribution >= 4 is 11.8 Å². The predicted octanol–water partition coefficient (Wildman–Crippen LogP) is 0.896. The molecule has 1 aromatic heterocycles. The highest BCUT2D eigenvalue weighted by Crippen LogP contribution is 2.42. The maximum Gasteiger partial charge on any atom is 0.422 e. The SMILES string of the molecule is C=C1NC(=O)[C@@](NC(=O)c2ccncc2)(C(F)(F)F)[C@H]1C#N. The summed E-state index contributed by atoms with van der Waals surface area (Å²) < 4.78 is 40.4. The van der Waals surface area contributed by atoms with E-state index in [1.54, 1.807) is 5.32 Å². The molecule has 1 saturated heterocycles. The number of hydrogen-bond acceptors (Lipinski definition) is 4. The van der Waals surface area contributed by atoms with Gasteiger partial charge in [-0.1, -0.05) is 6.58 Å². The van der Waals surface area contributed by atoms with Crippen LogP contribution in [0, 0.1) is 17.2 Å². The highest BCUT2D eigenvalue weighted by molar-refractivity contribution is 6.02. The average molecular weight is 310 g/mol. The van der Waals surface area contributed by atoms with E-state index in [1.165, 1.54) is 30.6 Å². The Morgan fingerprint density at radius 1 is 1.45 bits per heavy atom. The number of halogens is 3. The molecule has 2 heterocycles. The second kappa shape index (κ2) is 5.14. The molecule has 6 nitrogen and oxygen atoms in total. The van der Waals surface area contributed by atoms with Crippen molar-refractivity contribution in [1.29, 1.82) is 5.26 Å². The molecule has 0 spiro atoms. The first-order valence-corrected chi connectivity index (χ1v) is 5.93. The summed E-state index contributed by atoms with van der Waals surface area (Å²) in [4.78, 5) is 27.5. The zero-order valence-corrected chi connectivity index (χ0v) is 10.9. The number of alkyl halides is 3. The highest BCUT2D eigenvalue weighted by atomic mass is 19.4. The van der Waals surface area contributed by atoms with Crippen LogP contribution in [0.3, 0.4) is 0 Å². The van der Waals surface area contributed by atoms with Crippen LogP contribution >= 0.6 is 0 Å². The lowest BCUT2D eigenvalue weighted by molar-refractivity contribution is -0.197. The molecular formula is C13H9F3N4O2. The number of nitrogens with zero attached hydrogens (tertiary/aromatic N) is 2. The van der Waals surface area contributed by atoms with Gasteiger partial charge >= 0.3 is 6.18 Å². The van der Waals surface area contributed by atoms with Crippen molar-refractivity contribution in [3.05, 3.63) is 42.4 Å². The molecule has 2 amide bonds. The van der Waals surface area contributed by atoms with Crippen LogP contribution in [0.25, 0.3) is 0 Å². The number of amides is 2. The van der Waals surface area contributed by atoms with E-state index in [-0.39, 0.29) is 5.56 Å². The van der Waals surface area contributed by atoms with Crippen LogP contribution in [0.1, 0.15) is 10.4 Å². The van der Waals surface area contributed by atoms with E-state index in [0.717, 1.165) is 0 Å². The summed E-state index contributed by atoms with van der Waals surface area (Å²) in [5, 5.41) is 12.5. The Hall–Kier alpha value is -2.89. The van der Waals surface area contributed by atoms with E-state index in [0.29, 0.717) is 0 Å². The van der Waals surface area contributed by atoms with Crippen molar-refractivity contribution in [2.45, 2.75) is 11.7 Å². The number of nitriles is 1. The zero-order valence-electron chi connectivity index (χ0n) is 10.9. The van der Waals surface area contributed by atoms with Gasteiger partial charge < -0.3 is 10.6 Å². The third-order valence-electron chi connectivity index (χ3n) is 3.24. The van der Waals surface area contributed by atoms with Crippen molar-refractivity contribution in [3.8, 4) is 6.07 Å². The molecule has 1 aliphatic rings. The van der Waals surface area contributed by atoms with Crippen LogP contribution < -0.4 is 10.6 Å². The largest absolute Gasteiger partial charge is 0.422 e. The van der Waals surface area contributed by atoms with E-state index in [2.05, 4.69) is 11.6 Å². The molecule has 0 bridgehead atoms. The summed E-state index contributed by atoms with van der Waals surface area (Å²) in [6.45, 7) is 3.23. The summed E-state index contributed by atoms with van der Waals surface area (Å²) in [5.41, 5.74) is -3.92. The Morgan fingerprint density at radius 2 is 2.05 bits per heavy atom. The molecule has 1 fully saturated rings. The smallest absolute Gasteiger partial charge is 0.329 e. The molecule has 1 aliphatic heterocycles. The molecule has 0 aromatic carbocycles. The lowest BCUT2D eigenvalue weighted by Gasteiger charge is -2.32. The quantitative estimate of drug-likeness (QED) is 0.848. The standard InChI is InChI=1S/C13H9F3N4O2/c1-7-9(6-17)12(11(22)19-7,13(14,15)16)20-10(21)8-2-4-18-5-3-8/h2-5,9H,1H2,(H,19,22)(H,20,21)/t9-,12+/m0/s1. The van der Waals surface area contributed by atoms with Crippen molar-refractivity contribution in [2.24, 2.45) is 5.92 Å². The number of nitrogens with one attached hydrogen (secondary N) is 2. The summed E-state index contributed by atoms with van der Waals surface area (Å²) in [6, 6.07) is 3.73. The first-order chi connectivity index (χ1) is 10.2. The van der Waals surface area contributed by atoms with E-state index < -0.39 is 35.1 Å². The van der Waals surface area contributed by atoms with Crippen molar-refractivity contribution in [2.75, 3.05) is 0 Å². The molecule has 0 saturated carbocycles. The van der Waals surface area contributed by atoms with Gasteiger partial charge in [0.15, 0.2) is 0 Å². The van der Waals surface area contributed by atoms with E-state index in [9.17, 15) is 22.8 Å². The fraction of sp³-hybridized carbons (Fsp3) is 0.231. The normalized spacial score (nSPS) is 24.5. The van der Waals surface area contributed by atoms with Gasteiger partial charge in [0.25, 0.3) is 11.8 Å². The number of carbonyl (C=O) groups excluding carboxylic acids is 2. The molecule has 2 rings (SSSR count). The average Bonchev–Trinajstić information content (AvgIpc) is 2.70. The van der Waals surface area contributed by atoms with Gasteiger partial charge in [-0.15, -0.1) is 0 Å². The Bertz CT molecular complexity index is 681. The zero-order chi connectivity index (χ0) is 16.5. The summed E-state index contributed by atoms with van der Waals surface area (Å²) in [5.74, 6) is -4.66. The number of aromatic nitrogens is 1. The Balaban J connectivity index is 2.49. The van der Waals surface area contributed by atoms with Gasteiger partial charge in [-0.2, -0.15) is 18.4 Å². The van der Waals surface area contributed by atoms with Gasteiger partial charge in [-0.25, -0.2) is 0 Å². The predicted molar refractivity (Wildman–Crippen MR) is 66.9 cm³/mol. The third kappa shape index (κ3) is 2.18. The van der Waals surface area contributed by atoms with Gasteiger partial charge in [0, 0.05) is 23.7 Å². The molecule has 22 heavy (non-hydrogen) atoms. The Morgan fingerprint density at radius 3 is 2.55 bits per heavy atom. The van der Waals surface area contributed by atoms with Gasteiger partial charge in [0.2, 0.25) is 5.54 Å². The molecule has 2 atom stereocenters. The second-order valence-electron chi connectivity index (χ2n) is 4.54. The maximum atomic E-state index is 13.5. The third-order valence-corrected chi connectivity index (χ3v) is 3.24. The molecule has 0 aliphatic carbocycles. The van der Waals surface area contributed by atoms with Gasteiger partial charge in [-0.05, 0) is 12.1 Å². The van der Waals surface area contributed by atoms with Crippen LogP contribution in [0.4, 0.5) is 13.2 Å². The second-order valence-corrected chi connectivity index (χ2v) is 4.54. The first kappa shape index (κ1) is 15.5. The Labute approximate surface area is 122 Å². The lowest BCUT2D eigenvalue weighted by Crippen LogP contribution is -2.66. The molecule has 114 valence electrons. The summed E-state index contributed by atoms with van der Waals surface area (Å²) in [7, 11) is 0. The number of rotatable bonds is 2. The molecular weight excluding hydrogens is 301 g/mol. The fourth-order valence-electron chi connectivity index (χ4n) is 2.13. The van der Waals surface area contributed by atoms with E-state index in [4.69, 9.17) is 5.26 Å². The minimum absolute atomic E-state index is 0.124. The van der Waals surface area contributed by atoms with Gasteiger partial charge in [-0.3, -0.25) is 14.6 Å². The summed E-state index contributed by atoms with van der Waals surface area (Å²) >= 11 is 0. The molecule has 0 unspecified atom stereocenters. The summed E-state index contributed by atoms with van der Waals surface area (Å²) in [6.07, 6.45) is -2.76. The van der Waals surface area contributed by atoms with Crippen LogP contribution in [0.2, 0.25) is 0 Å². The number of carbonyl (C=O) groups is 2. The lowest BCUT2D eigenvalue weighted by atomic mass is 9.84. The molecule has 9 heteroatoms. The molecule has 2 N–H and O–H groups in total. The number of hydrogen-bond donors (Lipinski definition) is 2. The van der Waals surface area contributed by atoms with Crippen LogP contribution in [0.15, 0.2) is 36.8 Å². The molecule has 1 aromatic rings. The minimum atomic E-state index is -5.18. The van der Waals surface area contributed by atoms with Crippen LogP contribution in [-0.4, -0.2) is 28.5 Å². The Kier molecular flexibility index (Phi) is 3.62. The van der Waals surface area contributed by atoms with Gasteiger partial charge in [0.1, 0.15) is 5.92 Å². The fourth-order valence-corrected chi connectivity index (χ4v) is 2.13. The number of pyridine rings is 1. The topological polar surface area (TPSA) is 94.9 Å². The molecule has 0 radical (unpaired) electrons. The van der Waals surface area contributed by atoms with Crippen LogP contribution in [-0.2, 0) is 4.79 Å². The van der Waals surface area contributed by atoms with E-state index in [1.807, 2.05) is 5.32 Å². The minimum Gasteiger partial charge on any atom is -0.329 e. The van der Waals surface area contributed by atoms with Crippen molar-refractivity contribution in [3.63, 3.8) is 0 Å². The van der Waals surface area contributed by atoms with Crippen LogP contribution in [0.5, 0.6) is 0 Å². The van der Waals surface area contributed by atoms with E-state index >= 15 is 0 Å². The maximum absolute atomic E-state index is 13.5. The monoisotopic (exact) mass is 310 g/mol. The van der Waals surface area contributed by atoms with Crippen molar-refractivity contribution < 1.29 is 22.8 Å². The first-order valence-electron chi connectivity index (χ1n) is 5.93. The highest BCUT2D eigenvalue weighted by Gasteiger charge is 2.70. The van der Waals surface area contributed by atoms with Crippen molar-refractivity contribution in [1.82, 2.24) is 15.6 Å². The van der Waals surface area contributed by atoms with Gasteiger partial charge in [0.05, 0.1) is 6.07 Å².